The summed E-state index contributed by atoms with van der Waals surface area (Å²) in [5.74, 6) is 4.06. The molecular weight excluding hydrogens is 256 g/mol. The van der Waals surface area contributed by atoms with Crippen molar-refractivity contribution >= 4 is 0 Å². The standard InChI is InChI=1S/C19H34N2/c1-2-17-13-21(5-3-18(17)20)6-4-19-10-14-7-15(11-19)9-16(8-14)12-19/h14-18H,2-13,20H2,1H3. The molecule has 5 aliphatic rings. The predicted octanol–water partition coefficient (Wildman–Crippen LogP) is 3.65. The monoisotopic (exact) mass is 290 g/mol. The van der Waals surface area contributed by atoms with Crippen molar-refractivity contribution in [1.82, 2.24) is 4.90 Å². The van der Waals surface area contributed by atoms with Crippen molar-refractivity contribution in [1.29, 1.82) is 0 Å². The van der Waals surface area contributed by atoms with Crippen molar-refractivity contribution < 1.29 is 0 Å². The number of nitrogens with zero attached hydrogens (tertiary/aromatic N) is 1. The molecule has 21 heavy (non-hydrogen) atoms. The molecule has 0 aromatic carbocycles. The van der Waals surface area contributed by atoms with Crippen LogP contribution in [0.1, 0.15) is 64.7 Å². The summed E-state index contributed by atoms with van der Waals surface area (Å²) in [6, 6.07) is 0.464. The number of piperidine rings is 1. The summed E-state index contributed by atoms with van der Waals surface area (Å²) in [6.45, 7) is 6.19. The molecule has 0 aromatic rings. The Hall–Kier alpha value is -0.0800. The maximum absolute atomic E-state index is 6.27. The van der Waals surface area contributed by atoms with Gasteiger partial charge < -0.3 is 10.6 Å². The molecule has 0 amide bonds. The van der Waals surface area contributed by atoms with E-state index in [4.69, 9.17) is 5.73 Å². The van der Waals surface area contributed by atoms with Gasteiger partial charge in [0.2, 0.25) is 0 Å². The summed E-state index contributed by atoms with van der Waals surface area (Å²) in [5, 5.41) is 0. The summed E-state index contributed by atoms with van der Waals surface area (Å²) in [5.41, 5.74) is 7.03. The summed E-state index contributed by atoms with van der Waals surface area (Å²) in [7, 11) is 0. The highest BCUT2D eigenvalue weighted by Crippen LogP contribution is 2.61. The highest BCUT2D eigenvalue weighted by atomic mass is 15.1. The largest absolute Gasteiger partial charge is 0.327 e. The van der Waals surface area contributed by atoms with Gasteiger partial charge in [0.15, 0.2) is 0 Å². The lowest BCUT2D eigenvalue weighted by atomic mass is 9.49. The van der Waals surface area contributed by atoms with Crippen LogP contribution in [0.15, 0.2) is 0 Å². The fourth-order valence-corrected chi connectivity index (χ4v) is 6.75. The lowest BCUT2D eigenvalue weighted by Crippen LogP contribution is -2.50. The van der Waals surface area contributed by atoms with E-state index in [1.165, 1.54) is 38.9 Å². The van der Waals surface area contributed by atoms with Gasteiger partial charge in [-0.2, -0.15) is 0 Å². The number of nitrogens with two attached hydrogens (primary N) is 1. The van der Waals surface area contributed by atoms with Gasteiger partial charge in [-0.25, -0.2) is 0 Å². The molecule has 1 aliphatic heterocycles. The van der Waals surface area contributed by atoms with E-state index < -0.39 is 0 Å². The Bertz CT molecular complexity index is 342. The van der Waals surface area contributed by atoms with Crippen LogP contribution in [0.4, 0.5) is 0 Å². The molecule has 1 saturated heterocycles. The predicted molar refractivity (Wildman–Crippen MR) is 88.0 cm³/mol. The van der Waals surface area contributed by atoms with Crippen LogP contribution >= 0.6 is 0 Å². The molecule has 2 N–H and O–H groups in total. The Labute approximate surface area is 130 Å². The van der Waals surface area contributed by atoms with Crippen molar-refractivity contribution in [2.45, 2.75) is 70.8 Å². The van der Waals surface area contributed by atoms with Crippen LogP contribution in [0, 0.1) is 29.1 Å². The zero-order chi connectivity index (χ0) is 14.4. The summed E-state index contributed by atoms with van der Waals surface area (Å²) >= 11 is 0. The molecule has 4 bridgehead atoms. The lowest BCUT2D eigenvalue weighted by molar-refractivity contribution is -0.0623. The average molecular weight is 290 g/mol. The normalized spacial score (nSPS) is 49.7. The van der Waals surface area contributed by atoms with Gasteiger partial charge in [-0.3, -0.25) is 0 Å². The highest BCUT2D eigenvalue weighted by Gasteiger charge is 2.50. The van der Waals surface area contributed by atoms with E-state index in [0.717, 1.165) is 29.1 Å². The number of hydrogen-bond donors (Lipinski definition) is 1. The summed E-state index contributed by atoms with van der Waals surface area (Å²) in [4.78, 5) is 2.75. The van der Waals surface area contributed by atoms with Crippen LogP contribution in [0.3, 0.4) is 0 Å². The van der Waals surface area contributed by atoms with Crippen molar-refractivity contribution in [2.75, 3.05) is 19.6 Å². The van der Waals surface area contributed by atoms with Crippen LogP contribution in [0.2, 0.25) is 0 Å². The van der Waals surface area contributed by atoms with Gasteiger partial charge in [-0.1, -0.05) is 13.3 Å². The van der Waals surface area contributed by atoms with Gasteiger partial charge in [0.05, 0.1) is 0 Å². The first-order chi connectivity index (χ1) is 10.2. The smallest absolute Gasteiger partial charge is 0.00914 e. The van der Waals surface area contributed by atoms with E-state index in [9.17, 15) is 0 Å². The van der Waals surface area contributed by atoms with Gasteiger partial charge in [0, 0.05) is 12.6 Å². The second kappa shape index (κ2) is 5.53. The molecular formula is C19H34N2. The van der Waals surface area contributed by atoms with E-state index in [-0.39, 0.29) is 0 Å². The second-order valence-corrected chi connectivity index (χ2v) is 9.09. The van der Waals surface area contributed by atoms with Crippen molar-refractivity contribution in [3.8, 4) is 0 Å². The molecule has 4 saturated carbocycles. The third kappa shape index (κ3) is 2.79. The van der Waals surface area contributed by atoms with Gasteiger partial charge in [-0.05, 0) is 93.5 Å². The molecule has 5 rings (SSSR count). The minimum atomic E-state index is 0.464. The first kappa shape index (κ1) is 14.5. The van der Waals surface area contributed by atoms with Gasteiger partial charge in [0.25, 0.3) is 0 Å². The zero-order valence-corrected chi connectivity index (χ0v) is 13.9. The zero-order valence-electron chi connectivity index (χ0n) is 13.9. The molecule has 4 aliphatic carbocycles. The SMILES string of the molecule is CCC1CN(CCC23CC4CC(CC(C4)C2)C3)CCC1N. The third-order valence-corrected chi connectivity index (χ3v) is 7.52. The molecule has 5 fully saturated rings. The maximum Gasteiger partial charge on any atom is 0.00914 e. The topological polar surface area (TPSA) is 29.3 Å². The Morgan fingerprint density at radius 1 is 1.05 bits per heavy atom. The molecule has 2 heteroatoms. The van der Waals surface area contributed by atoms with Crippen LogP contribution in [-0.2, 0) is 0 Å². The Morgan fingerprint density at radius 2 is 1.67 bits per heavy atom. The number of rotatable bonds is 4. The Kier molecular flexibility index (Phi) is 3.82. The molecule has 0 aromatic heterocycles. The van der Waals surface area contributed by atoms with Gasteiger partial charge in [0.1, 0.15) is 0 Å². The fraction of sp³-hybridized carbons (Fsp3) is 1.00. The lowest BCUT2D eigenvalue weighted by Gasteiger charge is -2.57. The molecule has 1 heterocycles. The number of hydrogen-bond acceptors (Lipinski definition) is 2. The van der Waals surface area contributed by atoms with Crippen LogP contribution in [0.25, 0.3) is 0 Å². The molecule has 120 valence electrons. The van der Waals surface area contributed by atoms with Gasteiger partial charge >= 0.3 is 0 Å². The van der Waals surface area contributed by atoms with E-state index in [1.807, 2.05) is 0 Å². The quantitative estimate of drug-likeness (QED) is 0.856. The highest BCUT2D eigenvalue weighted by molar-refractivity contribution is 5.01. The Morgan fingerprint density at radius 3 is 2.24 bits per heavy atom. The van der Waals surface area contributed by atoms with Crippen LogP contribution in [0.5, 0.6) is 0 Å². The maximum atomic E-state index is 6.27. The number of likely N-dealkylation sites (tertiary alicyclic amines) is 1. The van der Waals surface area contributed by atoms with E-state index in [2.05, 4.69) is 11.8 Å². The van der Waals surface area contributed by atoms with Crippen LogP contribution in [-0.4, -0.2) is 30.6 Å². The first-order valence-corrected chi connectivity index (χ1v) is 9.64. The molecule has 0 radical (unpaired) electrons. The minimum absolute atomic E-state index is 0.464. The van der Waals surface area contributed by atoms with E-state index in [0.29, 0.717) is 6.04 Å². The van der Waals surface area contributed by atoms with E-state index >= 15 is 0 Å². The average Bonchev–Trinajstić information content (AvgIpc) is 2.45. The third-order valence-electron chi connectivity index (χ3n) is 7.52. The molecule has 2 nitrogen and oxygen atoms in total. The van der Waals surface area contributed by atoms with Gasteiger partial charge in [-0.15, -0.1) is 0 Å². The molecule has 2 atom stereocenters. The van der Waals surface area contributed by atoms with E-state index in [1.54, 1.807) is 38.5 Å². The fourth-order valence-electron chi connectivity index (χ4n) is 6.75. The summed E-state index contributed by atoms with van der Waals surface area (Å²) in [6.07, 6.45) is 13.4. The van der Waals surface area contributed by atoms with Crippen molar-refractivity contribution in [3.63, 3.8) is 0 Å². The van der Waals surface area contributed by atoms with Crippen LogP contribution < -0.4 is 5.73 Å². The minimum Gasteiger partial charge on any atom is -0.327 e. The van der Waals surface area contributed by atoms with Crippen molar-refractivity contribution in [2.24, 2.45) is 34.8 Å². The second-order valence-electron chi connectivity index (χ2n) is 9.09. The first-order valence-electron chi connectivity index (χ1n) is 9.64. The molecule has 0 spiro atoms. The Balaban J connectivity index is 1.34. The summed E-state index contributed by atoms with van der Waals surface area (Å²) < 4.78 is 0. The molecule has 2 unspecified atom stereocenters. The van der Waals surface area contributed by atoms with Crippen molar-refractivity contribution in [3.05, 3.63) is 0 Å².